The highest BCUT2D eigenvalue weighted by molar-refractivity contribution is 6.76. The molecule has 172 valence electrons. The van der Waals surface area contributed by atoms with E-state index in [1.165, 1.54) is 0 Å². The number of anilines is 1. The molecule has 2 N–H and O–H groups in total. The zero-order valence-electron chi connectivity index (χ0n) is 16.7. The smallest absolute Gasteiger partial charge is 0.341 e. The lowest BCUT2D eigenvalue weighted by atomic mass is 10.0. The number of imide groups is 1. The predicted molar refractivity (Wildman–Crippen MR) is 126 cm³/mol. The topological polar surface area (TPSA) is 97.4 Å². The van der Waals surface area contributed by atoms with Gasteiger partial charge in [0, 0.05) is 22.2 Å². The maximum atomic E-state index is 15.7. The monoisotopic (exact) mass is 531 g/mol. The van der Waals surface area contributed by atoms with Gasteiger partial charge in [0.05, 0.1) is 12.3 Å². The number of carbonyl (C=O) groups is 3. The fourth-order valence-corrected chi connectivity index (χ4v) is 3.40. The Morgan fingerprint density at radius 3 is 2.42 bits per heavy atom. The first-order valence-electron chi connectivity index (χ1n) is 9.27. The molecule has 12 heteroatoms. The molecule has 1 aromatic heterocycles. The molecule has 0 fully saturated rings. The van der Waals surface area contributed by atoms with Gasteiger partial charge in [0.25, 0.3) is 9.70 Å². The van der Waals surface area contributed by atoms with Gasteiger partial charge in [0.1, 0.15) is 11.3 Å². The molecule has 0 atom stereocenters. The van der Waals surface area contributed by atoms with E-state index in [0.29, 0.717) is 16.0 Å². The molecule has 3 aromatic rings. The third kappa shape index (κ3) is 5.47. The lowest BCUT2D eigenvalue weighted by Gasteiger charge is -2.16. The molecule has 0 saturated heterocycles. The molecule has 1 heterocycles. The van der Waals surface area contributed by atoms with Crippen LogP contribution in [-0.2, 0) is 9.53 Å². The number of esters is 1. The molecule has 7 nitrogen and oxygen atoms in total. The van der Waals surface area contributed by atoms with E-state index in [1.807, 2.05) is 0 Å². The van der Waals surface area contributed by atoms with Gasteiger partial charge in [-0.1, -0.05) is 76.7 Å². The number of aromatic nitrogens is 1. The van der Waals surface area contributed by atoms with Crippen LogP contribution in [0.15, 0.2) is 42.6 Å². The van der Waals surface area contributed by atoms with Gasteiger partial charge in [0.2, 0.25) is 0 Å². The third-order valence-corrected chi connectivity index (χ3v) is 5.18. The molecule has 0 spiro atoms. The van der Waals surface area contributed by atoms with Crippen molar-refractivity contribution in [3.8, 4) is 11.3 Å². The Kier molecular flexibility index (Phi) is 7.64. The van der Waals surface area contributed by atoms with Crippen molar-refractivity contribution >= 4 is 80.8 Å². The van der Waals surface area contributed by atoms with Crippen molar-refractivity contribution in [1.82, 2.24) is 10.3 Å². The Hall–Kier alpha value is -2.65. The van der Waals surface area contributed by atoms with E-state index in [2.05, 4.69) is 10.3 Å². The molecule has 3 amide bonds. The second kappa shape index (κ2) is 10.1. The van der Waals surface area contributed by atoms with Gasteiger partial charge < -0.3 is 10.1 Å². The third-order valence-electron chi connectivity index (χ3n) is 4.35. The maximum Gasteiger partial charge on any atom is 0.341 e. The number of benzene rings is 2. The van der Waals surface area contributed by atoms with Crippen molar-refractivity contribution in [3.63, 3.8) is 0 Å². The molecular weight excluding hydrogens is 519 g/mol. The largest absolute Gasteiger partial charge is 0.462 e. The van der Waals surface area contributed by atoms with E-state index in [-0.39, 0.29) is 17.9 Å². The number of hydrogen-bond acceptors (Lipinski definition) is 5. The Morgan fingerprint density at radius 1 is 1.12 bits per heavy atom. The second-order valence-electron chi connectivity index (χ2n) is 6.48. The zero-order valence-corrected chi connectivity index (χ0v) is 19.7. The van der Waals surface area contributed by atoms with Crippen LogP contribution in [0.5, 0.6) is 0 Å². The standard InChI is InChI=1S/C21H14Cl4FN3O4/c1-2-33-18(30)12-9-27-16(11-7-3-5-10-6-4-8-13(22)14(10)11)15(26)17(12)28-20(32)29-19(31)21(23,24)25/h3-9H,2H2,1H3,(H2,27,28,29,31,32). The summed E-state index contributed by atoms with van der Waals surface area (Å²) in [5.74, 6) is -3.29. The number of hydrogen-bond donors (Lipinski definition) is 2. The number of carbonyl (C=O) groups excluding carboxylic acids is 3. The molecule has 3 rings (SSSR count). The number of nitrogens with one attached hydrogen (secondary N) is 2. The van der Waals surface area contributed by atoms with Gasteiger partial charge in [-0.25, -0.2) is 14.0 Å². The minimum atomic E-state index is -2.44. The molecule has 0 radical (unpaired) electrons. The van der Waals surface area contributed by atoms with Gasteiger partial charge in [-0.2, -0.15) is 0 Å². The minimum Gasteiger partial charge on any atom is -0.462 e. The number of halogens is 5. The first-order chi connectivity index (χ1) is 15.5. The van der Waals surface area contributed by atoms with Gasteiger partial charge in [-0.15, -0.1) is 0 Å². The van der Waals surface area contributed by atoms with Crippen LogP contribution < -0.4 is 10.6 Å². The summed E-state index contributed by atoms with van der Waals surface area (Å²) < 4.78 is 18.2. The van der Waals surface area contributed by atoms with Crippen LogP contribution in [0, 0.1) is 5.82 Å². The predicted octanol–water partition coefficient (Wildman–Crippen LogP) is 5.89. The summed E-state index contributed by atoms with van der Waals surface area (Å²) >= 11 is 22.6. The lowest BCUT2D eigenvalue weighted by molar-refractivity contribution is -0.119. The van der Waals surface area contributed by atoms with E-state index in [4.69, 9.17) is 51.1 Å². The van der Waals surface area contributed by atoms with Crippen LogP contribution in [0.4, 0.5) is 14.9 Å². The molecule has 0 saturated carbocycles. The molecular formula is C21H14Cl4FN3O4. The quantitative estimate of drug-likeness (QED) is 0.322. The normalized spacial score (nSPS) is 11.2. The van der Waals surface area contributed by atoms with Gasteiger partial charge in [-0.3, -0.25) is 15.1 Å². The summed E-state index contributed by atoms with van der Waals surface area (Å²) in [6.45, 7) is 1.53. The number of alkyl halides is 3. The molecule has 0 bridgehead atoms. The SMILES string of the molecule is CCOC(=O)c1cnc(-c2cccc3cccc(Cl)c23)c(F)c1NC(=O)NC(=O)C(Cl)(Cl)Cl. The molecule has 0 aliphatic heterocycles. The van der Waals surface area contributed by atoms with Crippen LogP contribution in [0.2, 0.25) is 5.02 Å². The van der Waals surface area contributed by atoms with Gasteiger partial charge in [0.15, 0.2) is 5.82 Å². The fourth-order valence-electron chi connectivity index (χ4n) is 2.97. The van der Waals surface area contributed by atoms with Gasteiger partial charge in [-0.05, 0) is 18.4 Å². The molecule has 2 aromatic carbocycles. The second-order valence-corrected chi connectivity index (χ2v) is 9.17. The summed E-state index contributed by atoms with van der Waals surface area (Å²) in [4.78, 5) is 40.5. The number of urea groups is 1. The average Bonchev–Trinajstić information content (AvgIpc) is 2.74. The molecule has 0 aliphatic carbocycles. The highest BCUT2D eigenvalue weighted by Crippen LogP contribution is 2.36. The lowest BCUT2D eigenvalue weighted by Crippen LogP contribution is -2.41. The van der Waals surface area contributed by atoms with E-state index in [9.17, 15) is 14.4 Å². The van der Waals surface area contributed by atoms with Crippen LogP contribution in [0.25, 0.3) is 22.0 Å². The number of fused-ring (bicyclic) bond motifs is 1. The number of pyridine rings is 1. The first kappa shape index (κ1) is 25.0. The fraction of sp³-hybridized carbons (Fsp3) is 0.143. The summed E-state index contributed by atoms with van der Waals surface area (Å²) in [6, 6.07) is 8.95. The Morgan fingerprint density at radius 2 is 1.79 bits per heavy atom. The number of amides is 3. The van der Waals surface area contributed by atoms with Crippen molar-refractivity contribution in [2.75, 3.05) is 11.9 Å². The van der Waals surface area contributed by atoms with E-state index < -0.39 is 33.2 Å². The van der Waals surface area contributed by atoms with E-state index >= 15 is 4.39 Å². The van der Waals surface area contributed by atoms with Crippen molar-refractivity contribution < 1.29 is 23.5 Å². The van der Waals surface area contributed by atoms with Gasteiger partial charge >= 0.3 is 12.0 Å². The van der Waals surface area contributed by atoms with Crippen LogP contribution in [-0.4, -0.2) is 33.3 Å². The molecule has 0 unspecified atom stereocenters. The average molecular weight is 533 g/mol. The zero-order chi connectivity index (χ0) is 24.3. The highest BCUT2D eigenvalue weighted by atomic mass is 35.6. The van der Waals surface area contributed by atoms with Crippen molar-refractivity contribution in [1.29, 1.82) is 0 Å². The van der Waals surface area contributed by atoms with Crippen LogP contribution >= 0.6 is 46.4 Å². The first-order valence-corrected chi connectivity index (χ1v) is 10.8. The van der Waals surface area contributed by atoms with Crippen molar-refractivity contribution in [2.24, 2.45) is 0 Å². The molecule has 0 aliphatic rings. The maximum absolute atomic E-state index is 15.7. The number of rotatable bonds is 4. The van der Waals surface area contributed by atoms with E-state index in [1.54, 1.807) is 48.6 Å². The summed E-state index contributed by atoms with van der Waals surface area (Å²) in [7, 11) is 0. The Balaban J connectivity index is 2.14. The van der Waals surface area contributed by atoms with Crippen LogP contribution in [0.1, 0.15) is 17.3 Å². The van der Waals surface area contributed by atoms with E-state index in [0.717, 1.165) is 11.6 Å². The highest BCUT2D eigenvalue weighted by Gasteiger charge is 2.33. The summed E-state index contributed by atoms with van der Waals surface area (Å²) in [5, 5.41) is 5.42. The molecule has 33 heavy (non-hydrogen) atoms. The van der Waals surface area contributed by atoms with Crippen molar-refractivity contribution in [2.45, 2.75) is 10.7 Å². The summed E-state index contributed by atoms with van der Waals surface area (Å²) in [5.41, 5.74) is -0.866. The number of nitrogens with zero attached hydrogens (tertiary/aromatic N) is 1. The van der Waals surface area contributed by atoms with Crippen molar-refractivity contribution in [3.05, 3.63) is 59.0 Å². The summed E-state index contributed by atoms with van der Waals surface area (Å²) in [6.07, 6.45) is 1.04. The number of ether oxygens (including phenoxy) is 1. The Labute approximate surface area is 207 Å². The minimum absolute atomic E-state index is 0.0154. The van der Waals surface area contributed by atoms with Crippen LogP contribution in [0.3, 0.4) is 0 Å². The Bertz CT molecular complexity index is 1260.